The fraction of sp³-hybridized carbons (Fsp3) is 0.333. The maximum Gasteiger partial charge on any atom is 0.333 e. The first-order valence-corrected chi connectivity index (χ1v) is 14.3. The molecular formula is C30H33Cl2N3O8. The van der Waals surface area contributed by atoms with Gasteiger partial charge in [0.1, 0.15) is 12.4 Å². The lowest BCUT2D eigenvalue weighted by molar-refractivity contribution is -0.384. The van der Waals surface area contributed by atoms with Crippen molar-refractivity contribution >= 4 is 46.6 Å². The fourth-order valence-corrected chi connectivity index (χ4v) is 4.63. The van der Waals surface area contributed by atoms with Crippen molar-refractivity contribution in [3.05, 3.63) is 98.0 Å². The molecule has 43 heavy (non-hydrogen) atoms. The van der Waals surface area contributed by atoms with Crippen LogP contribution < -0.4 is 10.1 Å². The number of ether oxygens (including phenoxy) is 3. The monoisotopic (exact) mass is 633 g/mol. The number of rotatable bonds is 17. The van der Waals surface area contributed by atoms with E-state index in [2.05, 4.69) is 5.32 Å². The Bertz CT molecular complexity index is 1340. The number of hydrogen-bond acceptors (Lipinski definition) is 7. The van der Waals surface area contributed by atoms with E-state index in [9.17, 15) is 24.8 Å². The van der Waals surface area contributed by atoms with Crippen molar-refractivity contribution in [2.45, 2.75) is 32.5 Å². The third kappa shape index (κ3) is 11.7. The highest BCUT2D eigenvalue weighted by Crippen LogP contribution is 2.20. The average molecular weight is 635 g/mol. The molecule has 2 amide bonds. The summed E-state index contributed by atoms with van der Waals surface area (Å²) in [5.41, 5.74) is 1.96. The summed E-state index contributed by atoms with van der Waals surface area (Å²) in [5.74, 6) is -0.459. The molecule has 0 heterocycles. The summed E-state index contributed by atoms with van der Waals surface area (Å²) in [6, 6.07) is 17.3. The molecule has 0 radical (unpaired) electrons. The van der Waals surface area contributed by atoms with E-state index in [1.165, 1.54) is 24.3 Å². The van der Waals surface area contributed by atoms with Crippen LogP contribution in [0.15, 0.2) is 66.7 Å². The van der Waals surface area contributed by atoms with Crippen molar-refractivity contribution in [3.63, 3.8) is 0 Å². The first-order valence-electron chi connectivity index (χ1n) is 13.5. The first kappa shape index (κ1) is 33.6. The highest BCUT2D eigenvalue weighted by molar-refractivity contribution is 6.34. The predicted octanol–water partition coefficient (Wildman–Crippen LogP) is 6.45. The minimum atomic E-state index is -1.02. The van der Waals surface area contributed by atoms with Crippen LogP contribution in [0.2, 0.25) is 10.0 Å². The quantitative estimate of drug-likeness (QED) is 0.0981. The lowest BCUT2D eigenvalue weighted by Crippen LogP contribution is -2.39. The SMILES string of the molecule is CCOC(Cc1ccc(OCCN(CCCOCc2cc(Cl)cc(Cl)c2)C(=O)Nc2ccc([N+](=O)[O-])cc2)cc1)C(=O)O. The number of carbonyl (C=O) groups is 2. The summed E-state index contributed by atoms with van der Waals surface area (Å²) < 4.78 is 16.8. The van der Waals surface area contributed by atoms with Crippen LogP contribution >= 0.6 is 23.2 Å². The van der Waals surface area contributed by atoms with Crippen molar-refractivity contribution in [2.24, 2.45) is 0 Å². The van der Waals surface area contributed by atoms with Gasteiger partial charge in [0.25, 0.3) is 5.69 Å². The molecule has 3 aromatic rings. The van der Waals surface area contributed by atoms with E-state index in [4.69, 9.17) is 37.4 Å². The Morgan fingerprint density at radius 3 is 2.26 bits per heavy atom. The van der Waals surface area contributed by atoms with Gasteiger partial charge in [0, 0.05) is 54.0 Å². The lowest BCUT2D eigenvalue weighted by atomic mass is 10.1. The Hall–Kier alpha value is -3.90. The van der Waals surface area contributed by atoms with Crippen LogP contribution in [-0.2, 0) is 27.3 Å². The molecule has 230 valence electrons. The zero-order valence-corrected chi connectivity index (χ0v) is 25.1. The molecule has 0 aliphatic carbocycles. The average Bonchev–Trinajstić information content (AvgIpc) is 2.96. The molecule has 1 unspecified atom stereocenters. The summed E-state index contributed by atoms with van der Waals surface area (Å²) in [6.45, 7) is 3.51. The zero-order valence-electron chi connectivity index (χ0n) is 23.5. The number of nitrogens with zero attached hydrogens (tertiary/aromatic N) is 2. The van der Waals surface area contributed by atoms with Gasteiger partial charge in [-0.05, 0) is 66.9 Å². The van der Waals surface area contributed by atoms with Crippen LogP contribution in [0.5, 0.6) is 5.75 Å². The molecule has 0 aliphatic rings. The number of halogens is 2. The smallest absolute Gasteiger partial charge is 0.333 e. The van der Waals surface area contributed by atoms with Crippen LogP contribution in [0.25, 0.3) is 0 Å². The molecule has 3 rings (SSSR count). The number of aliphatic carboxylic acids is 1. The van der Waals surface area contributed by atoms with E-state index in [0.29, 0.717) is 54.3 Å². The first-order chi connectivity index (χ1) is 20.6. The molecule has 1 atom stereocenters. The van der Waals surface area contributed by atoms with Crippen molar-refractivity contribution in [2.75, 3.05) is 38.2 Å². The van der Waals surface area contributed by atoms with E-state index < -0.39 is 23.0 Å². The third-order valence-corrected chi connectivity index (χ3v) is 6.58. The summed E-state index contributed by atoms with van der Waals surface area (Å²) in [5, 5.41) is 24.0. The van der Waals surface area contributed by atoms with Gasteiger partial charge in [-0.2, -0.15) is 0 Å². The van der Waals surface area contributed by atoms with Gasteiger partial charge in [-0.1, -0.05) is 35.3 Å². The second-order valence-electron chi connectivity index (χ2n) is 9.38. The fourth-order valence-electron chi connectivity index (χ4n) is 4.05. The number of anilines is 1. The van der Waals surface area contributed by atoms with Crippen LogP contribution in [0, 0.1) is 10.1 Å². The molecule has 13 heteroatoms. The van der Waals surface area contributed by atoms with Gasteiger partial charge in [-0.15, -0.1) is 0 Å². The Labute approximate surface area is 259 Å². The second-order valence-corrected chi connectivity index (χ2v) is 10.3. The standard InChI is InChI=1S/C30H33Cl2N3O8/c1-2-42-28(29(36)37)18-21-4-10-27(11-5-21)43-15-13-34(30(38)33-25-6-8-26(9-7-25)35(39)40)12-3-14-41-20-22-16-23(31)19-24(32)17-22/h4-11,16-17,19,28H,2-3,12-15,18,20H2,1H3,(H,33,38)(H,36,37). The van der Waals surface area contributed by atoms with E-state index in [0.717, 1.165) is 11.1 Å². The number of carbonyl (C=O) groups excluding carboxylic acids is 1. The van der Waals surface area contributed by atoms with Gasteiger partial charge in [-0.3, -0.25) is 10.1 Å². The van der Waals surface area contributed by atoms with Crippen molar-refractivity contribution in [1.29, 1.82) is 0 Å². The second kappa shape index (κ2) is 17.3. The number of nitro benzene ring substituents is 1. The number of non-ortho nitro benzene ring substituents is 1. The van der Waals surface area contributed by atoms with Crippen LogP contribution in [-0.4, -0.2) is 65.9 Å². The molecule has 0 spiro atoms. The molecular weight excluding hydrogens is 601 g/mol. The normalized spacial score (nSPS) is 11.5. The molecule has 0 fully saturated rings. The number of amides is 2. The van der Waals surface area contributed by atoms with Gasteiger partial charge in [0.2, 0.25) is 0 Å². The topological polar surface area (TPSA) is 140 Å². The van der Waals surface area contributed by atoms with Crippen LogP contribution in [0.3, 0.4) is 0 Å². The number of urea groups is 1. The molecule has 0 aromatic heterocycles. The number of carboxylic acids is 1. The number of carboxylic acid groups (broad SMARTS) is 1. The third-order valence-electron chi connectivity index (χ3n) is 6.14. The molecule has 0 bridgehead atoms. The molecule has 11 nitrogen and oxygen atoms in total. The number of hydrogen-bond donors (Lipinski definition) is 2. The highest BCUT2D eigenvalue weighted by atomic mass is 35.5. The van der Waals surface area contributed by atoms with Crippen molar-refractivity contribution < 1.29 is 33.8 Å². The Balaban J connectivity index is 1.55. The molecule has 0 saturated heterocycles. The number of nitrogens with one attached hydrogen (secondary N) is 1. The van der Waals surface area contributed by atoms with Crippen molar-refractivity contribution in [1.82, 2.24) is 4.90 Å². The maximum absolute atomic E-state index is 13.1. The van der Waals surface area contributed by atoms with Crippen molar-refractivity contribution in [3.8, 4) is 5.75 Å². The predicted molar refractivity (Wildman–Crippen MR) is 163 cm³/mol. The Kier molecular flexibility index (Phi) is 13.5. The molecule has 3 aromatic carbocycles. The minimum absolute atomic E-state index is 0.0798. The van der Waals surface area contributed by atoms with Gasteiger partial charge in [-0.25, -0.2) is 9.59 Å². The highest BCUT2D eigenvalue weighted by Gasteiger charge is 2.18. The van der Waals surface area contributed by atoms with E-state index in [1.807, 2.05) is 0 Å². The number of benzene rings is 3. The van der Waals surface area contributed by atoms with Crippen LogP contribution in [0.4, 0.5) is 16.2 Å². The molecule has 0 aliphatic heterocycles. The van der Waals surface area contributed by atoms with E-state index >= 15 is 0 Å². The van der Waals surface area contributed by atoms with E-state index in [-0.39, 0.29) is 25.3 Å². The lowest BCUT2D eigenvalue weighted by Gasteiger charge is -2.23. The maximum atomic E-state index is 13.1. The van der Waals surface area contributed by atoms with Crippen LogP contribution in [0.1, 0.15) is 24.5 Å². The Morgan fingerprint density at radius 1 is 0.977 bits per heavy atom. The van der Waals surface area contributed by atoms with Gasteiger partial charge in [0.05, 0.1) is 18.1 Å². The minimum Gasteiger partial charge on any atom is -0.492 e. The summed E-state index contributed by atoms with van der Waals surface area (Å²) >= 11 is 12.1. The summed E-state index contributed by atoms with van der Waals surface area (Å²) in [4.78, 5) is 36.4. The Morgan fingerprint density at radius 2 is 1.65 bits per heavy atom. The summed E-state index contributed by atoms with van der Waals surface area (Å²) in [7, 11) is 0. The van der Waals surface area contributed by atoms with Gasteiger partial charge in [0.15, 0.2) is 6.10 Å². The molecule has 2 N–H and O–H groups in total. The largest absolute Gasteiger partial charge is 0.492 e. The molecule has 0 saturated carbocycles. The zero-order chi connectivity index (χ0) is 31.2. The number of nitro groups is 1. The van der Waals surface area contributed by atoms with E-state index in [1.54, 1.807) is 54.3 Å². The summed E-state index contributed by atoms with van der Waals surface area (Å²) in [6.07, 6.45) is -0.167. The van der Waals surface area contributed by atoms with Gasteiger partial charge >= 0.3 is 12.0 Å². The van der Waals surface area contributed by atoms with Gasteiger partial charge < -0.3 is 29.5 Å².